The van der Waals surface area contributed by atoms with E-state index in [9.17, 15) is 0 Å². The Morgan fingerprint density at radius 2 is 0.941 bits per heavy atom. The second-order valence-electron chi connectivity index (χ2n) is 2.57. The van der Waals surface area contributed by atoms with Crippen LogP contribution in [0.4, 0.5) is 4.79 Å². The van der Waals surface area contributed by atoms with Crippen LogP contribution >= 0.6 is 0 Å². The molecular formula is C9H20O8. The molecule has 0 atom stereocenters. The summed E-state index contributed by atoms with van der Waals surface area (Å²) >= 11 is 0. The lowest BCUT2D eigenvalue weighted by Gasteiger charge is -2.04. The van der Waals surface area contributed by atoms with Crippen LogP contribution in [0.25, 0.3) is 0 Å². The van der Waals surface area contributed by atoms with E-state index >= 15 is 0 Å². The first-order valence-electron chi connectivity index (χ1n) is 5.02. The number of carbonyl (C=O) groups is 1. The van der Waals surface area contributed by atoms with Crippen molar-refractivity contribution in [3.8, 4) is 0 Å². The Morgan fingerprint density at radius 3 is 1.18 bits per heavy atom. The lowest BCUT2D eigenvalue weighted by Crippen LogP contribution is -2.11. The average Bonchev–Trinajstić information content (AvgIpc) is 2.26. The molecule has 0 aliphatic carbocycles. The summed E-state index contributed by atoms with van der Waals surface area (Å²) in [6.45, 7) is 2.76. The van der Waals surface area contributed by atoms with E-state index in [2.05, 4.69) is 0 Å². The fourth-order valence-corrected chi connectivity index (χ4v) is 0.671. The van der Waals surface area contributed by atoms with Crippen LogP contribution in [-0.4, -0.2) is 79.4 Å². The molecule has 0 saturated carbocycles. The molecule has 0 radical (unpaired) electrons. The molecule has 8 heteroatoms. The van der Waals surface area contributed by atoms with Crippen LogP contribution in [0.3, 0.4) is 0 Å². The number of carboxylic acid groups (broad SMARTS) is 2. The van der Waals surface area contributed by atoms with Crippen LogP contribution in [0.1, 0.15) is 0 Å². The van der Waals surface area contributed by atoms with Crippen molar-refractivity contribution in [2.75, 3.05) is 52.9 Å². The summed E-state index contributed by atoms with van der Waals surface area (Å²) in [6.07, 6.45) is -1.83. The van der Waals surface area contributed by atoms with Crippen LogP contribution in [0.5, 0.6) is 0 Å². The molecule has 0 spiro atoms. The van der Waals surface area contributed by atoms with Gasteiger partial charge in [-0.2, -0.15) is 0 Å². The van der Waals surface area contributed by atoms with Crippen molar-refractivity contribution in [1.29, 1.82) is 0 Å². The Bertz CT molecular complexity index is 138. The lowest BCUT2D eigenvalue weighted by atomic mass is 10.7. The smallest absolute Gasteiger partial charge is 0.450 e. The standard InChI is InChI=1S/C8H18O5.CH2O3/c9-1-3-11-5-7-13-8-6-12-4-2-10;2-1(3)4/h9-10H,1-8H2;(H2,2,3,4). The first-order chi connectivity index (χ1) is 8.15. The van der Waals surface area contributed by atoms with Gasteiger partial charge in [-0.25, -0.2) is 4.79 Å². The molecule has 0 heterocycles. The SMILES string of the molecule is O=C(O)O.OCCOCCOCCOCCO. The Kier molecular flexibility index (Phi) is 18.9. The summed E-state index contributed by atoms with van der Waals surface area (Å²) in [5.41, 5.74) is 0. The first kappa shape index (κ1) is 18.4. The van der Waals surface area contributed by atoms with Crippen molar-refractivity contribution in [2.24, 2.45) is 0 Å². The Hall–Kier alpha value is -0.930. The summed E-state index contributed by atoms with van der Waals surface area (Å²) in [4.78, 5) is 8.56. The first-order valence-corrected chi connectivity index (χ1v) is 5.02. The molecule has 0 aromatic heterocycles. The van der Waals surface area contributed by atoms with Gasteiger partial charge in [-0.05, 0) is 0 Å². The zero-order valence-corrected chi connectivity index (χ0v) is 9.58. The van der Waals surface area contributed by atoms with Gasteiger partial charge in [0, 0.05) is 0 Å². The van der Waals surface area contributed by atoms with Gasteiger partial charge in [-0.1, -0.05) is 0 Å². The van der Waals surface area contributed by atoms with E-state index in [-0.39, 0.29) is 13.2 Å². The van der Waals surface area contributed by atoms with Gasteiger partial charge in [0.25, 0.3) is 0 Å². The van der Waals surface area contributed by atoms with Gasteiger partial charge in [0.2, 0.25) is 0 Å². The fourth-order valence-electron chi connectivity index (χ4n) is 0.671. The van der Waals surface area contributed by atoms with Crippen LogP contribution < -0.4 is 0 Å². The van der Waals surface area contributed by atoms with Gasteiger partial charge in [0.1, 0.15) is 0 Å². The number of hydrogen-bond acceptors (Lipinski definition) is 6. The summed E-state index contributed by atoms with van der Waals surface area (Å²) in [7, 11) is 0. The summed E-state index contributed by atoms with van der Waals surface area (Å²) in [6, 6.07) is 0. The van der Waals surface area contributed by atoms with Gasteiger partial charge in [-0.3, -0.25) is 0 Å². The van der Waals surface area contributed by atoms with E-state index in [1.807, 2.05) is 0 Å². The molecule has 4 N–H and O–H groups in total. The molecule has 0 unspecified atom stereocenters. The fraction of sp³-hybridized carbons (Fsp3) is 0.889. The third-order valence-corrected chi connectivity index (χ3v) is 1.22. The molecule has 0 aliphatic rings. The molecule has 0 amide bonds. The van der Waals surface area contributed by atoms with Crippen molar-refractivity contribution in [3.05, 3.63) is 0 Å². The highest BCUT2D eigenvalue weighted by Crippen LogP contribution is 1.80. The molecule has 0 aliphatic heterocycles. The van der Waals surface area contributed by atoms with E-state index in [4.69, 9.17) is 39.4 Å². The van der Waals surface area contributed by atoms with Crippen LogP contribution in [0.2, 0.25) is 0 Å². The maximum Gasteiger partial charge on any atom is 0.503 e. The Morgan fingerprint density at radius 1 is 0.706 bits per heavy atom. The van der Waals surface area contributed by atoms with Crippen molar-refractivity contribution in [3.63, 3.8) is 0 Å². The zero-order chi connectivity index (χ0) is 13.4. The second-order valence-corrected chi connectivity index (χ2v) is 2.57. The quantitative estimate of drug-likeness (QED) is 0.376. The minimum atomic E-state index is -1.83. The number of ether oxygens (including phenoxy) is 3. The number of hydrogen-bond donors (Lipinski definition) is 4. The zero-order valence-electron chi connectivity index (χ0n) is 9.58. The van der Waals surface area contributed by atoms with Crippen LogP contribution in [0, 0.1) is 0 Å². The van der Waals surface area contributed by atoms with Crippen molar-refractivity contribution < 1.29 is 39.4 Å². The van der Waals surface area contributed by atoms with Gasteiger partial charge in [0.05, 0.1) is 52.9 Å². The highest BCUT2D eigenvalue weighted by Gasteiger charge is 1.89. The minimum absolute atomic E-state index is 0.0413. The van der Waals surface area contributed by atoms with Crippen molar-refractivity contribution >= 4 is 6.16 Å². The lowest BCUT2D eigenvalue weighted by molar-refractivity contribution is 0.00230. The van der Waals surface area contributed by atoms with Gasteiger partial charge < -0.3 is 34.6 Å². The topological polar surface area (TPSA) is 126 Å². The molecule has 17 heavy (non-hydrogen) atoms. The predicted octanol–water partition coefficient (Wildman–Crippen LogP) is -0.757. The predicted molar refractivity (Wildman–Crippen MR) is 57.3 cm³/mol. The molecule has 0 fully saturated rings. The molecule has 0 aromatic carbocycles. The van der Waals surface area contributed by atoms with E-state index in [0.717, 1.165) is 0 Å². The van der Waals surface area contributed by atoms with E-state index in [0.29, 0.717) is 39.6 Å². The van der Waals surface area contributed by atoms with E-state index in [1.54, 1.807) is 0 Å². The van der Waals surface area contributed by atoms with Crippen molar-refractivity contribution in [1.82, 2.24) is 0 Å². The van der Waals surface area contributed by atoms with Crippen LogP contribution in [-0.2, 0) is 14.2 Å². The highest BCUT2D eigenvalue weighted by atomic mass is 16.6. The molecule has 104 valence electrons. The summed E-state index contributed by atoms with van der Waals surface area (Å²) < 4.78 is 15.0. The van der Waals surface area contributed by atoms with Gasteiger partial charge in [0.15, 0.2) is 0 Å². The summed E-state index contributed by atoms with van der Waals surface area (Å²) in [5.74, 6) is 0. The van der Waals surface area contributed by atoms with Gasteiger partial charge >= 0.3 is 6.16 Å². The average molecular weight is 256 g/mol. The third-order valence-electron chi connectivity index (χ3n) is 1.22. The Labute approximate surface area is 99.3 Å². The number of aliphatic hydroxyl groups excluding tert-OH is 2. The summed E-state index contributed by atoms with van der Waals surface area (Å²) in [5, 5.41) is 30.7. The van der Waals surface area contributed by atoms with E-state index < -0.39 is 6.16 Å². The van der Waals surface area contributed by atoms with Gasteiger partial charge in [-0.15, -0.1) is 0 Å². The molecule has 8 nitrogen and oxygen atoms in total. The molecule has 0 bridgehead atoms. The van der Waals surface area contributed by atoms with E-state index in [1.165, 1.54) is 0 Å². The third kappa shape index (κ3) is 31.3. The molecule has 0 rings (SSSR count). The van der Waals surface area contributed by atoms with Crippen LogP contribution in [0.15, 0.2) is 0 Å². The molecule has 0 saturated heterocycles. The number of rotatable bonds is 10. The molecular weight excluding hydrogens is 236 g/mol. The number of aliphatic hydroxyl groups is 2. The maximum absolute atomic E-state index is 8.56. The molecule has 0 aromatic rings. The second kappa shape index (κ2) is 17.5. The monoisotopic (exact) mass is 256 g/mol. The minimum Gasteiger partial charge on any atom is -0.450 e. The normalized spacial score (nSPS) is 9.53. The Balaban J connectivity index is 0. The largest absolute Gasteiger partial charge is 0.503 e. The maximum atomic E-state index is 8.56. The highest BCUT2D eigenvalue weighted by molar-refractivity contribution is 5.53. The van der Waals surface area contributed by atoms with Crippen molar-refractivity contribution in [2.45, 2.75) is 0 Å².